The minimum Gasteiger partial charge on any atom is -0.481 e. The quantitative estimate of drug-likeness (QED) is 0.0996. The average molecular weight is 648 g/mol. The molecule has 4 aromatic carbocycles. The second-order valence-corrected chi connectivity index (χ2v) is 10.4. The van der Waals surface area contributed by atoms with E-state index in [4.69, 9.17) is 20.8 Å². The molecule has 208 valence electrons. The second kappa shape index (κ2) is 11.2. The minimum absolute atomic E-state index is 0.00682. The maximum Gasteiger partial charge on any atom is 0.312 e. The highest BCUT2D eigenvalue weighted by Gasteiger charge is 2.21. The second-order valence-electron chi connectivity index (χ2n) is 9.13. The molecular weight excluding hydrogens is 631 g/mol. The van der Waals surface area contributed by atoms with E-state index in [1.165, 1.54) is 36.5 Å². The highest BCUT2D eigenvalue weighted by atomic mass is 79.9. The highest BCUT2D eigenvalue weighted by Crippen LogP contribution is 2.37. The molecule has 12 heteroatoms. The normalized spacial score (nSPS) is 11.5. The Bertz CT molecular complexity index is 2090. The third-order valence-electron chi connectivity index (χ3n) is 6.31. The SMILES string of the molecule is O=c1c2ccccc2nc(-c2cc3cc(Cl)ccc3o2)n1N=Cc1cc(Br)c(OCc2ccc(F)cc2)c([N+](=O)[O-])c1. The molecular formula is C30H17BrClFN4O5. The molecule has 0 saturated carbocycles. The van der Waals surface area contributed by atoms with Gasteiger partial charge < -0.3 is 9.15 Å². The van der Waals surface area contributed by atoms with Crippen LogP contribution in [0.15, 0.2) is 104 Å². The molecule has 0 N–H and O–H groups in total. The molecule has 0 aliphatic heterocycles. The third kappa shape index (κ3) is 5.39. The van der Waals surface area contributed by atoms with Gasteiger partial charge >= 0.3 is 5.69 Å². The van der Waals surface area contributed by atoms with Crippen LogP contribution in [0.3, 0.4) is 0 Å². The number of aromatic nitrogens is 2. The lowest BCUT2D eigenvalue weighted by Gasteiger charge is -2.10. The fraction of sp³-hybridized carbons (Fsp3) is 0.0333. The standard InChI is InChI=1S/C30H17BrClFN4O5/c31-23-11-18(12-25(37(39)40)28(23)41-16-17-5-8-21(33)9-6-17)15-34-36-29(35-24-4-2-1-3-22(24)30(36)38)27-14-19-13-20(32)7-10-26(19)42-27/h1-15H,16H2. The van der Waals surface area contributed by atoms with Crippen molar-refractivity contribution in [2.75, 3.05) is 0 Å². The molecule has 9 nitrogen and oxygen atoms in total. The maximum absolute atomic E-state index is 13.5. The van der Waals surface area contributed by atoms with Gasteiger partial charge in [-0.15, -0.1) is 0 Å². The molecule has 0 aliphatic carbocycles. The molecule has 2 aromatic heterocycles. The van der Waals surface area contributed by atoms with Crippen molar-refractivity contribution >= 4 is 61.3 Å². The Morgan fingerprint density at radius 2 is 1.88 bits per heavy atom. The summed E-state index contributed by atoms with van der Waals surface area (Å²) in [5.74, 6) is 0.00912. The molecule has 0 saturated heterocycles. The van der Waals surface area contributed by atoms with Crippen LogP contribution in [-0.2, 0) is 6.61 Å². The summed E-state index contributed by atoms with van der Waals surface area (Å²) in [5.41, 5.74) is 1.15. The smallest absolute Gasteiger partial charge is 0.312 e. The van der Waals surface area contributed by atoms with Gasteiger partial charge in [0.15, 0.2) is 5.76 Å². The van der Waals surface area contributed by atoms with Crippen LogP contribution < -0.4 is 10.3 Å². The number of halogens is 3. The number of nitro benzene ring substituents is 1. The zero-order chi connectivity index (χ0) is 29.4. The van der Waals surface area contributed by atoms with E-state index in [9.17, 15) is 19.3 Å². The zero-order valence-corrected chi connectivity index (χ0v) is 23.7. The van der Waals surface area contributed by atoms with Crippen LogP contribution in [0.25, 0.3) is 33.5 Å². The third-order valence-corrected chi connectivity index (χ3v) is 7.14. The summed E-state index contributed by atoms with van der Waals surface area (Å²) in [7, 11) is 0. The lowest BCUT2D eigenvalue weighted by molar-refractivity contribution is -0.386. The van der Waals surface area contributed by atoms with Crippen molar-refractivity contribution in [1.82, 2.24) is 9.66 Å². The van der Waals surface area contributed by atoms with Crippen molar-refractivity contribution < 1.29 is 18.5 Å². The molecule has 0 bridgehead atoms. The Balaban J connectivity index is 1.41. The highest BCUT2D eigenvalue weighted by molar-refractivity contribution is 9.10. The van der Waals surface area contributed by atoms with E-state index in [-0.39, 0.29) is 29.6 Å². The molecule has 0 radical (unpaired) electrons. The van der Waals surface area contributed by atoms with Crippen LogP contribution in [0.2, 0.25) is 5.02 Å². The van der Waals surface area contributed by atoms with Crippen molar-refractivity contribution in [2.45, 2.75) is 6.61 Å². The van der Waals surface area contributed by atoms with Crippen LogP contribution in [0.1, 0.15) is 11.1 Å². The predicted molar refractivity (Wildman–Crippen MR) is 161 cm³/mol. The number of para-hydroxylation sites is 1. The zero-order valence-electron chi connectivity index (χ0n) is 21.3. The van der Waals surface area contributed by atoms with E-state index < -0.39 is 16.3 Å². The van der Waals surface area contributed by atoms with Gasteiger partial charge in [-0.05, 0) is 76.1 Å². The monoisotopic (exact) mass is 646 g/mol. The number of ether oxygens (including phenoxy) is 1. The Morgan fingerprint density at radius 3 is 2.67 bits per heavy atom. The Kier molecular flexibility index (Phi) is 7.27. The first kappa shape index (κ1) is 27.3. The number of fused-ring (bicyclic) bond motifs is 2. The van der Waals surface area contributed by atoms with E-state index in [1.54, 1.807) is 54.6 Å². The van der Waals surface area contributed by atoms with Gasteiger partial charge in [-0.3, -0.25) is 14.9 Å². The average Bonchev–Trinajstić information content (AvgIpc) is 3.39. The van der Waals surface area contributed by atoms with Crippen molar-refractivity contribution in [3.63, 3.8) is 0 Å². The van der Waals surface area contributed by atoms with Crippen LogP contribution in [-0.4, -0.2) is 20.8 Å². The molecule has 2 heterocycles. The Labute approximate surface area is 249 Å². The van der Waals surface area contributed by atoms with Gasteiger partial charge in [0.2, 0.25) is 11.6 Å². The van der Waals surface area contributed by atoms with Crippen molar-refractivity contribution in [1.29, 1.82) is 0 Å². The van der Waals surface area contributed by atoms with Gasteiger partial charge in [0.05, 0.1) is 26.5 Å². The van der Waals surface area contributed by atoms with E-state index in [0.717, 1.165) is 4.68 Å². The lowest BCUT2D eigenvalue weighted by atomic mass is 10.2. The van der Waals surface area contributed by atoms with Crippen LogP contribution >= 0.6 is 27.5 Å². The van der Waals surface area contributed by atoms with Crippen molar-refractivity contribution in [3.05, 3.63) is 132 Å². The molecule has 0 unspecified atom stereocenters. The molecule has 6 aromatic rings. The van der Waals surface area contributed by atoms with Gasteiger partial charge in [-0.1, -0.05) is 35.9 Å². The van der Waals surface area contributed by atoms with E-state index in [2.05, 4.69) is 26.0 Å². The first-order chi connectivity index (χ1) is 20.3. The van der Waals surface area contributed by atoms with Crippen LogP contribution in [0, 0.1) is 15.9 Å². The number of furan rings is 1. The lowest BCUT2D eigenvalue weighted by Crippen LogP contribution is -2.20. The number of hydrogen-bond donors (Lipinski definition) is 0. The number of nitro groups is 1. The van der Waals surface area contributed by atoms with Crippen LogP contribution in [0.5, 0.6) is 5.75 Å². The fourth-order valence-corrected chi connectivity index (χ4v) is 5.09. The largest absolute Gasteiger partial charge is 0.481 e. The van der Waals surface area contributed by atoms with E-state index in [1.807, 2.05) is 0 Å². The van der Waals surface area contributed by atoms with Gasteiger partial charge in [-0.2, -0.15) is 9.78 Å². The van der Waals surface area contributed by atoms with Crippen molar-refractivity contribution in [2.24, 2.45) is 5.10 Å². The topological polar surface area (TPSA) is 113 Å². The number of hydrogen-bond acceptors (Lipinski definition) is 7. The van der Waals surface area contributed by atoms with Crippen molar-refractivity contribution in [3.8, 4) is 17.3 Å². The summed E-state index contributed by atoms with van der Waals surface area (Å²) in [6, 6.07) is 22.1. The maximum atomic E-state index is 13.5. The fourth-order valence-electron chi connectivity index (χ4n) is 4.33. The summed E-state index contributed by atoms with van der Waals surface area (Å²) in [5, 5.41) is 17.9. The first-order valence-electron chi connectivity index (χ1n) is 12.4. The minimum atomic E-state index is -0.586. The van der Waals surface area contributed by atoms with Crippen LogP contribution in [0.4, 0.5) is 10.1 Å². The number of benzene rings is 4. The van der Waals surface area contributed by atoms with E-state index >= 15 is 0 Å². The molecule has 0 atom stereocenters. The Morgan fingerprint density at radius 1 is 1.10 bits per heavy atom. The van der Waals surface area contributed by atoms with Gasteiger partial charge in [0.25, 0.3) is 5.56 Å². The molecule has 0 spiro atoms. The predicted octanol–water partition coefficient (Wildman–Crippen LogP) is 7.73. The first-order valence-corrected chi connectivity index (χ1v) is 13.5. The summed E-state index contributed by atoms with van der Waals surface area (Å²) in [6.07, 6.45) is 1.31. The van der Waals surface area contributed by atoms with Gasteiger partial charge in [0.1, 0.15) is 18.0 Å². The molecule has 6 rings (SSSR count). The summed E-state index contributed by atoms with van der Waals surface area (Å²) in [6.45, 7) is -0.0165. The molecule has 42 heavy (non-hydrogen) atoms. The number of nitrogens with zero attached hydrogens (tertiary/aromatic N) is 4. The Hall–Kier alpha value is -4.87. The molecule has 0 aliphatic rings. The summed E-state index contributed by atoms with van der Waals surface area (Å²) < 4.78 is 26.3. The summed E-state index contributed by atoms with van der Waals surface area (Å²) in [4.78, 5) is 29.5. The molecule has 0 fully saturated rings. The van der Waals surface area contributed by atoms with Gasteiger partial charge in [-0.25, -0.2) is 9.37 Å². The number of rotatable bonds is 7. The molecule has 0 amide bonds. The summed E-state index contributed by atoms with van der Waals surface area (Å²) >= 11 is 9.47. The van der Waals surface area contributed by atoms with Gasteiger partial charge in [0, 0.05) is 22.0 Å². The van der Waals surface area contributed by atoms with E-state index in [0.29, 0.717) is 42.5 Å².